The van der Waals surface area contributed by atoms with Crippen LogP contribution in [0.25, 0.3) is 11.1 Å². The molecule has 4 rings (SSSR count). The second kappa shape index (κ2) is 11.8. The number of nitrogens with zero attached hydrogens (tertiary/aromatic N) is 3. The molecule has 0 spiro atoms. The monoisotopic (exact) mass is 505 g/mol. The zero-order chi connectivity index (χ0) is 26.4. The van der Waals surface area contributed by atoms with Crippen molar-refractivity contribution >= 4 is 29.1 Å². The zero-order valence-electron chi connectivity index (χ0n) is 21.1. The van der Waals surface area contributed by atoms with E-state index in [9.17, 15) is 19.1 Å². The van der Waals surface area contributed by atoms with Crippen molar-refractivity contribution in [3.05, 3.63) is 66.5 Å². The Bertz CT molecular complexity index is 1250. The number of amides is 2. The first-order chi connectivity index (χ1) is 17.8. The molecule has 0 saturated heterocycles. The summed E-state index contributed by atoms with van der Waals surface area (Å²) in [6.07, 6.45) is 10.0. The minimum absolute atomic E-state index is 0.0164. The minimum Gasteiger partial charge on any atom is -0.478 e. The van der Waals surface area contributed by atoms with Crippen LogP contribution in [-0.4, -0.2) is 39.7 Å². The predicted octanol–water partition coefficient (Wildman–Crippen LogP) is 6.42. The van der Waals surface area contributed by atoms with Crippen molar-refractivity contribution in [2.24, 2.45) is 5.92 Å². The fourth-order valence-electron chi connectivity index (χ4n) is 4.87. The van der Waals surface area contributed by atoms with Crippen molar-refractivity contribution in [2.75, 3.05) is 22.1 Å². The van der Waals surface area contributed by atoms with Gasteiger partial charge >= 0.3 is 12.0 Å². The van der Waals surface area contributed by atoms with Crippen LogP contribution >= 0.6 is 0 Å². The smallest absolute Gasteiger partial charge is 0.336 e. The Balaban J connectivity index is 1.77. The van der Waals surface area contributed by atoms with Gasteiger partial charge in [-0.1, -0.05) is 39.2 Å². The topological polar surface area (TPSA) is 107 Å². The molecule has 0 radical (unpaired) electrons. The molecule has 1 fully saturated rings. The van der Waals surface area contributed by atoms with E-state index in [-0.39, 0.29) is 11.1 Å². The molecule has 0 unspecified atom stereocenters. The van der Waals surface area contributed by atoms with Gasteiger partial charge in [-0.15, -0.1) is 0 Å². The summed E-state index contributed by atoms with van der Waals surface area (Å²) in [6.45, 7) is 5.11. The second-order valence-electron chi connectivity index (χ2n) is 9.77. The number of aromatic carboxylic acids is 1. The molecular formula is C28H32FN5O3. The molecule has 2 aromatic carbocycles. The van der Waals surface area contributed by atoms with Crippen LogP contribution in [0.1, 0.15) is 56.3 Å². The highest BCUT2D eigenvalue weighted by Gasteiger charge is 2.25. The quantitative estimate of drug-likeness (QED) is 0.326. The largest absolute Gasteiger partial charge is 0.478 e. The Morgan fingerprint density at radius 1 is 1.05 bits per heavy atom. The van der Waals surface area contributed by atoms with E-state index in [0.29, 0.717) is 28.9 Å². The van der Waals surface area contributed by atoms with Crippen molar-refractivity contribution in [2.45, 2.75) is 52.0 Å². The first kappa shape index (κ1) is 26.1. The lowest BCUT2D eigenvalue weighted by Crippen LogP contribution is -2.40. The first-order valence-corrected chi connectivity index (χ1v) is 12.6. The van der Waals surface area contributed by atoms with E-state index in [4.69, 9.17) is 0 Å². The molecule has 0 aliphatic heterocycles. The highest BCUT2D eigenvalue weighted by molar-refractivity contribution is 6.03. The number of aromatic nitrogens is 2. The summed E-state index contributed by atoms with van der Waals surface area (Å²) >= 11 is 0. The zero-order valence-corrected chi connectivity index (χ0v) is 21.1. The number of nitrogens with one attached hydrogen (secondary N) is 2. The molecule has 2 amide bonds. The number of carboxylic acid groups (broad SMARTS) is 1. The second-order valence-corrected chi connectivity index (χ2v) is 9.77. The van der Waals surface area contributed by atoms with Gasteiger partial charge in [0.25, 0.3) is 0 Å². The molecule has 1 heterocycles. The molecule has 1 aromatic heterocycles. The van der Waals surface area contributed by atoms with Crippen LogP contribution in [0.15, 0.2) is 55.1 Å². The number of carboxylic acids is 1. The maximum Gasteiger partial charge on any atom is 0.336 e. The molecular weight excluding hydrogens is 473 g/mol. The van der Waals surface area contributed by atoms with Gasteiger partial charge in [-0.25, -0.2) is 23.9 Å². The lowest BCUT2D eigenvalue weighted by atomic mass is 9.92. The standard InChI is InChI=1S/C28H32FN5O3/c1-18(2)16-34(22-6-4-3-5-7-22)26-11-8-19(24-13-20(29)9-10-23(24)27(35)36)12-25(26)33-28(37)32-21-14-30-17-31-15-21/h8-15,17-18,22H,3-7,16H2,1-2H3,(H,35,36)(H2,32,33,37). The van der Waals surface area contributed by atoms with Crippen LogP contribution in [0.3, 0.4) is 0 Å². The summed E-state index contributed by atoms with van der Waals surface area (Å²) in [6, 6.07) is 8.83. The lowest BCUT2D eigenvalue weighted by molar-refractivity contribution is 0.0697. The molecule has 194 valence electrons. The van der Waals surface area contributed by atoms with Crippen LogP contribution in [0.5, 0.6) is 0 Å². The van der Waals surface area contributed by atoms with Gasteiger partial charge in [-0.05, 0) is 60.2 Å². The average Bonchev–Trinajstić information content (AvgIpc) is 2.88. The number of hydrogen-bond donors (Lipinski definition) is 3. The van der Waals surface area contributed by atoms with E-state index >= 15 is 0 Å². The number of rotatable bonds is 8. The van der Waals surface area contributed by atoms with Gasteiger partial charge < -0.3 is 20.6 Å². The van der Waals surface area contributed by atoms with E-state index in [1.54, 1.807) is 12.1 Å². The van der Waals surface area contributed by atoms with Gasteiger partial charge in [0.05, 0.1) is 35.0 Å². The molecule has 8 nitrogen and oxygen atoms in total. The normalized spacial score (nSPS) is 13.8. The van der Waals surface area contributed by atoms with E-state index in [0.717, 1.165) is 44.0 Å². The van der Waals surface area contributed by atoms with Crippen LogP contribution in [0.4, 0.5) is 26.2 Å². The van der Waals surface area contributed by atoms with Gasteiger partial charge in [0.15, 0.2) is 0 Å². The maximum absolute atomic E-state index is 14.2. The predicted molar refractivity (Wildman–Crippen MR) is 143 cm³/mol. The summed E-state index contributed by atoms with van der Waals surface area (Å²) in [5.41, 5.74) is 2.51. The molecule has 3 aromatic rings. The van der Waals surface area contributed by atoms with Gasteiger partial charge in [0.2, 0.25) is 0 Å². The van der Waals surface area contributed by atoms with Gasteiger partial charge in [-0.2, -0.15) is 0 Å². The molecule has 9 heteroatoms. The fraction of sp³-hybridized carbons (Fsp3) is 0.357. The summed E-state index contributed by atoms with van der Waals surface area (Å²) in [4.78, 5) is 35.0. The van der Waals surface area contributed by atoms with E-state index in [1.807, 2.05) is 6.07 Å². The number of carbonyl (C=O) groups excluding carboxylic acids is 1. The summed E-state index contributed by atoms with van der Waals surface area (Å²) in [7, 11) is 0. The van der Waals surface area contributed by atoms with Crippen LogP contribution in [-0.2, 0) is 0 Å². The Kier molecular flexibility index (Phi) is 8.32. The number of benzene rings is 2. The van der Waals surface area contributed by atoms with Gasteiger partial charge in [-0.3, -0.25) is 0 Å². The molecule has 0 bridgehead atoms. The summed E-state index contributed by atoms with van der Waals surface area (Å²) in [5.74, 6) is -1.31. The number of carbonyl (C=O) groups is 2. The van der Waals surface area contributed by atoms with Crippen LogP contribution in [0.2, 0.25) is 0 Å². The van der Waals surface area contributed by atoms with E-state index < -0.39 is 17.8 Å². The van der Waals surface area contributed by atoms with E-state index in [1.165, 1.54) is 37.3 Å². The minimum atomic E-state index is -1.15. The third-order valence-corrected chi connectivity index (χ3v) is 6.47. The van der Waals surface area contributed by atoms with E-state index in [2.05, 4.69) is 39.3 Å². The Morgan fingerprint density at radius 2 is 1.78 bits per heavy atom. The highest BCUT2D eigenvalue weighted by Crippen LogP contribution is 2.37. The van der Waals surface area contributed by atoms with Gasteiger partial charge in [0.1, 0.15) is 12.1 Å². The third kappa shape index (κ3) is 6.61. The fourth-order valence-corrected chi connectivity index (χ4v) is 4.87. The number of halogens is 1. The number of urea groups is 1. The molecule has 3 N–H and O–H groups in total. The van der Waals surface area contributed by atoms with Crippen LogP contribution in [0, 0.1) is 11.7 Å². The summed E-state index contributed by atoms with van der Waals surface area (Å²) < 4.78 is 14.2. The van der Waals surface area contributed by atoms with Crippen molar-refractivity contribution in [1.29, 1.82) is 0 Å². The van der Waals surface area contributed by atoms with Crippen molar-refractivity contribution in [3.63, 3.8) is 0 Å². The number of anilines is 3. The summed E-state index contributed by atoms with van der Waals surface area (Å²) in [5, 5.41) is 15.4. The van der Waals surface area contributed by atoms with Gasteiger partial charge in [0, 0.05) is 12.6 Å². The van der Waals surface area contributed by atoms with Crippen molar-refractivity contribution in [1.82, 2.24) is 9.97 Å². The average molecular weight is 506 g/mol. The molecule has 37 heavy (non-hydrogen) atoms. The SMILES string of the molecule is CC(C)CN(c1ccc(-c2cc(F)ccc2C(=O)O)cc1NC(=O)Nc1cncnc1)C1CCCCC1. The van der Waals surface area contributed by atoms with Crippen LogP contribution < -0.4 is 15.5 Å². The third-order valence-electron chi connectivity index (χ3n) is 6.47. The van der Waals surface area contributed by atoms with Crippen molar-refractivity contribution in [3.8, 4) is 11.1 Å². The molecule has 0 atom stereocenters. The highest BCUT2D eigenvalue weighted by atomic mass is 19.1. The molecule has 1 aliphatic carbocycles. The Hall–Kier alpha value is -4.01. The Morgan fingerprint density at radius 3 is 2.46 bits per heavy atom. The Labute approximate surface area is 216 Å². The van der Waals surface area contributed by atoms with Crippen molar-refractivity contribution < 1.29 is 19.1 Å². The number of hydrogen-bond acceptors (Lipinski definition) is 5. The first-order valence-electron chi connectivity index (χ1n) is 12.6. The maximum atomic E-state index is 14.2. The molecule has 1 saturated carbocycles. The molecule has 1 aliphatic rings. The lowest BCUT2D eigenvalue weighted by Gasteiger charge is -2.38.